The molecule has 1 aromatic heterocycles. The minimum Gasteiger partial charge on any atom is -0.346 e. The zero-order valence-electron chi connectivity index (χ0n) is 19.9. The molecule has 4 nitrogen and oxygen atoms in total. The second kappa shape index (κ2) is 13.0. The fourth-order valence-electron chi connectivity index (χ4n) is 4.38. The number of nitrogens with one attached hydrogen (secondary N) is 1. The van der Waals surface area contributed by atoms with Crippen molar-refractivity contribution in [2.45, 2.75) is 90.6 Å². The van der Waals surface area contributed by atoms with Gasteiger partial charge in [-0.3, -0.25) is 4.79 Å². The molecule has 0 fully saturated rings. The third-order valence-electron chi connectivity index (χ3n) is 6.14. The van der Waals surface area contributed by atoms with Crippen LogP contribution < -0.4 is 5.32 Å². The van der Waals surface area contributed by atoms with Gasteiger partial charge in [0.15, 0.2) is 0 Å². The zero-order valence-corrected chi connectivity index (χ0v) is 19.9. The Balaban J connectivity index is 1.55. The summed E-state index contributed by atoms with van der Waals surface area (Å²) in [5, 5.41) is 3.16. The Morgan fingerprint density at radius 3 is 2.22 bits per heavy atom. The lowest BCUT2D eigenvalue weighted by atomic mass is 10.1. The molecule has 172 valence electrons. The number of carbonyl (C=O) groups is 1. The molecule has 0 saturated carbocycles. The van der Waals surface area contributed by atoms with E-state index in [1.54, 1.807) is 0 Å². The number of aryl methyl sites for hydroxylation is 1. The first-order valence-electron chi connectivity index (χ1n) is 12.5. The zero-order chi connectivity index (χ0) is 22.6. The lowest BCUT2D eigenvalue weighted by Gasteiger charge is -2.16. The molecule has 0 aliphatic carbocycles. The average molecular weight is 434 g/mol. The van der Waals surface area contributed by atoms with E-state index in [1.165, 1.54) is 51.4 Å². The van der Waals surface area contributed by atoms with E-state index in [0.717, 1.165) is 35.4 Å². The van der Waals surface area contributed by atoms with Gasteiger partial charge in [0.05, 0.1) is 23.5 Å². The number of hydrogen-bond donors (Lipinski definition) is 1. The summed E-state index contributed by atoms with van der Waals surface area (Å²) >= 11 is 0. The van der Waals surface area contributed by atoms with E-state index < -0.39 is 0 Å². The molecule has 3 aromatic rings. The maximum Gasteiger partial charge on any atom is 0.224 e. The van der Waals surface area contributed by atoms with E-state index in [4.69, 9.17) is 4.98 Å². The van der Waals surface area contributed by atoms with E-state index in [2.05, 4.69) is 35.0 Å². The van der Waals surface area contributed by atoms with Crippen molar-refractivity contribution in [3.8, 4) is 0 Å². The van der Waals surface area contributed by atoms with Gasteiger partial charge >= 0.3 is 0 Å². The van der Waals surface area contributed by atoms with Crippen molar-refractivity contribution < 1.29 is 4.79 Å². The fraction of sp³-hybridized carbons (Fsp3) is 0.500. The van der Waals surface area contributed by atoms with Gasteiger partial charge < -0.3 is 9.88 Å². The molecule has 1 N–H and O–H groups in total. The Labute approximate surface area is 193 Å². The van der Waals surface area contributed by atoms with Crippen LogP contribution >= 0.6 is 0 Å². The van der Waals surface area contributed by atoms with Crippen LogP contribution in [-0.4, -0.2) is 15.5 Å². The van der Waals surface area contributed by atoms with E-state index in [9.17, 15) is 4.79 Å². The highest BCUT2D eigenvalue weighted by atomic mass is 16.1. The Kier molecular flexibility index (Phi) is 9.80. The first-order chi connectivity index (χ1) is 15.7. The van der Waals surface area contributed by atoms with Crippen LogP contribution in [0, 0.1) is 0 Å². The first-order valence-corrected chi connectivity index (χ1v) is 12.5. The molecule has 0 aliphatic rings. The third-order valence-corrected chi connectivity index (χ3v) is 6.14. The highest BCUT2D eigenvalue weighted by molar-refractivity contribution is 5.79. The lowest BCUT2D eigenvalue weighted by Crippen LogP contribution is -2.30. The van der Waals surface area contributed by atoms with Crippen LogP contribution in [0.1, 0.15) is 89.1 Å². The first kappa shape index (κ1) is 24.0. The molecule has 0 saturated heterocycles. The molecule has 32 heavy (non-hydrogen) atoms. The Hall–Kier alpha value is -2.62. The predicted octanol–water partition coefficient (Wildman–Crippen LogP) is 6.99. The molecule has 1 unspecified atom stereocenters. The standard InChI is InChI=1S/C28H39N3O/c1-3-4-5-6-7-8-9-10-16-21-31-26-20-15-14-19-25(26)30-28(31)23(2)29-27(32)22-24-17-12-11-13-18-24/h11-15,17-20,23H,3-10,16,21-22H2,1-2H3,(H,29,32). The highest BCUT2D eigenvalue weighted by Gasteiger charge is 2.18. The number of fused-ring (bicyclic) bond motifs is 1. The fourth-order valence-corrected chi connectivity index (χ4v) is 4.38. The molecule has 0 radical (unpaired) electrons. The van der Waals surface area contributed by atoms with E-state index in [1.807, 2.05) is 43.3 Å². The minimum atomic E-state index is -0.128. The lowest BCUT2D eigenvalue weighted by molar-refractivity contribution is -0.121. The topological polar surface area (TPSA) is 46.9 Å². The Morgan fingerprint density at radius 1 is 0.875 bits per heavy atom. The van der Waals surface area contributed by atoms with Gasteiger partial charge in [-0.05, 0) is 31.0 Å². The number of imidazole rings is 1. The summed E-state index contributed by atoms with van der Waals surface area (Å²) in [4.78, 5) is 17.5. The van der Waals surface area contributed by atoms with Crippen molar-refractivity contribution in [2.24, 2.45) is 0 Å². The Morgan fingerprint density at radius 2 is 1.50 bits per heavy atom. The van der Waals surface area contributed by atoms with Crippen molar-refractivity contribution >= 4 is 16.9 Å². The van der Waals surface area contributed by atoms with Gasteiger partial charge in [-0.2, -0.15) is 0 Å². The second-order valence-corrected chi connectivity index (χ2v) is 8.89. The summed E-state index contributed by atoms with van der Waals surface area (Å²) in [5.41, 5.74) is 3.19. The van der Waals surface area contributed by atoms with Crippen molar-refractivity contribution in [3.05, 3.63) is 66.0 Å². The third kappa shape index (κ3) is 7.22. The maximum atomic E-state index is 12.6. The summed E-state index contributed by atoms with van der Waals surface area (Å²) in [6, 6.07) is 18.1. The van der Waals surface area contributed by atoms with Gasteiger partial charge in [-0.1, -0.05) is 101 Å². The number of aromatic nitrogens is 2. The largest absolute Gasteiger partial charge is 0.346 e. The summed E-state index contributed by atoms with van der Waals surface area (Å²) in [6.45, 7) is 5.26. The smallest absolute Gasteiger partial charge is 0.224 e. The number of para-hydroxylation sites is 2. The maximum absolute atomic E-state index is 12.6. The van der Waals surface area contributed by atoms with Gasteiger partial charge in [0.1, 0.15) is 5.82 Å². The molecular weight excluding hydrogens is 394 g/mol. The van der Waals surface area contributed by atoms with Gasteiger partial charge in [-0.15, -0.1) is 0 Å². The van der Waals surface area contributed by atoms with E-state index in [-0.39, 0.29) is 11.9 Å². The number of nitrogens with zero attached hydrogens (tertiary/aromatic N) is 2. The van der Waals surface area contributed by atoms with Crippen molar-refractivity contribution in [2.75, 3.05) is 0 Å². The average Bonchev–Trinajstić information content (AvgIpc) is 3.17. The summed E-state index contributed by atoms with van der Waals surface area (Å²) in [7, 11) is 0. The number of rotatable bonds is 14. The van der Waals surface area contributed by atoms with Gasteiger partial charge in [-0.25, -0.2) is 4.98 Å². The number of hydrogen-bond acceptors (Lipinski definition) is 2. The molecule has 0 spiro atoms. The van der Waals surface area contributed by atoms with Crippen molar-refractivity contribution in [3.63, 3.8) is 0 Å². The number of unbranched alkanes of at least 4 members (excludes halogenated alkanes) is 8. The molecule has 3 rings (SSSR count). The predicted molar refractivity (Wildman–Crippen MR) is 134 cm³/mol. The van der Waals surface area contributed by atoms with Crippen LogP contribution in [0.4, 0.5) is 0 Å². The molecule has 0 aliphatic heterocycles. The number of amides is 1. The van der Waals surface area contributed by atoms with Crippen LogP contribution in [0.3, 0.4) is 0 Å². The van der Waals surface area contributed by atoms with Crippen LogP contribution in [0.5, 0.6) is 0 Å². The molecule has 1 atom stereocenters. The summed E-state index contributed by atoms with van der Waals surface area (Å²) in [5.74, 6) is 0.984. The highest BCUT2D eigenvalue weighted by Crippen LogP contribution is 2.22. The SMILES string of the molecule is CCCCCCCCCCCn1c(C(C)NC(=O)Cc2ccccc2)nc2ccccc21. The molecule has 4 heteroatoms. The second-order valence-electron chi connectivity index (χ2n) is 8.89. The van der Waals surface area contributed by atoms with Crippen molar-refractivity contribution in [1.82, 2.24) is 14.9 Å². The van der Waals surface area contributed by atoms with Gasteiger partial charge in [0.25, 0.3) is 0 Å². The number of benzene rings is 2. The molecular formula is C28H39N3O. The van der Waals surface area contributed by atoms with Crippen molar-refractivity contribution in [1.29, 1.82) is 0 Å². The molecule has 1 heterocycles. The summed E-state index contributed by atoms with van der Waals surface area (Å²) < 4.78 is 2.31. The molecule has 0 bridgehead atoms. The summed E-state index contributed by atoms with van der Waals surface area (Å²) in [6.07, 6.45) is 12.2. The monoisotopic (exact) mass is 433 g/mol. The van der Waals surface area contributed by atoms with E-state index >= 15 is 0 Å². The minimum absolute atomic E-state index is 0.0328. The van der Waals surface area contributed by atoms with Crippen LogP contribution in [0.2, 0.25) is 0 Å². The normalized spacial score (nSPS) is 12.2. The molecule has 1 amide bonds. The van der Waals surface area contributed by atoms with Crippen LogP contribution in [0.25, 0.3) is 11.0 Å². The van der Waals surface area contributed by atoms with Crippen LogP contribution in [0.15, 0.2) is 54.6 Å². The molecule has 2 aromatic carbocycles. The quantitative estimate of drug-likeness (QED) is 0.279. The van der Waals surface area contributed by atoms with Gasteiger partial charge in [0.2, 0.25) is 5.91 Å². The van der Waals surface area contributed by atoms with E-state index in [0.29, 0.717) is 6.42 Å². The Bertz CT molecular complexity index is 948. The van der Waals surface area contributed by atoms with Gasteiger partial charge in [0, 0.05) is 6.54 Å². The van der Waals surface area contributed by atoms with Crippen LogP contribution in [-0.2, 0) is 17.8 Å². The number of carbonyl (C=O) groups excluding carboxylic acids is 1.